The Bertz CT molecular complexity index is 1180. The van der Waals surface area contributed by atoms with Crippen molar-refractivity contribution in [3.05, 3.63) is 60.8 Å². The Balaban J connectivity index is 4.08. The topological polar surface area (TPSA) is 132 Å². The van der Waals surface area contributed by atoms with Gasteiger partial charge in [-0.15, -0.1) is 0 Å². The molecule has 374 valence electrons. The van der Waals surface area contributed by atoms with E-state index in [2.05, 4.69) is 74.6 Å². The molecule has 0 aliphatic carbocycles. The van der Waals surface area contributed by atoms with Crippen molar-refractivity contribution < 1.29 is 43.0 Å². The monoisotopic (exact) mass is 923 g/mol. The summed E-state index contributed by atoms with van der Waals surface area (Å²) in [6.45, 7) is 3.49. The van der Waals surface area contributed by atoms with E-state index in [0.717, 1.165) is 77.0 Å². The largest absolute Gasteiger partial charge is 0.472 e. The molecule has 0 aromatic carbocycles. The van der Waals surface area contributed by atoms with Crippen LogP contribution in [0.25, 0.3) is 0 Å². The van der Waals surface area contributed by atoms with Gasteiger partial charge >= 0.3 is 13.8 Å². The summed E-state index contributed by atoms with van der Waals surface area (Å²) in [5.74, 6) is -0.389. The highest BCUT2D eigenvalue weighted by Gasteiger charge is 2.26. The number of aliphatic hydroxyl groups is 2. The predicted octanol–water partition coefficient (Wildman–Crippen LogP) is 15.5. The van der Waals surface area contributed by atoms with Gasteiger partial charge in [0.05, 0.1) is 26.4 Å². The second-order valence-electron chi connectivity index (χ2n) is 17.5. The van der Waals surface area contributed by atoms with Crippen LogP contribution >= 0.6 is 7.82 Å². The Morgan fingerprint density at radius 2 is 0.844 bits per heavy atom. The van der Waals surface area contributed by atoms with Crippen molar-refractivity contribution >= 4 is 13.8 Å². The summed E-state index contributed by atoms with van der Waals surface area (Å²) >= 11 is 0. The third-order valence-electron chi connectivity index (χ3n) is 11.2. The van der Waals surface area contributed by atoms with Crippen molar-refractivity contribution in [2.75, 3.05) is 33.0 Å². The van der Waals surface area contributed by atoms with Crippen molar-refractivity contribution in [2.45, 2.75) is 244 Å². The first kappa shape index (κ1) is 62.2. The quantitative estimate of drug-likeness (QED) is 0.0236. The molecule has 64 heavy (non-hydrogen) atoms. The van der Waals surface area contributed by atoms with Crippen LogP contribution in [0.2, 0.25) is 0 Å². The van der Waals surface area contributed by atoms with Gasteiger partial charge in [-0.2, -0.15) is 0 Å². The molecule has 3 unspecified atom stereocenters. The zero-order chi connectivity index (χ0) is 46.7. The maximum absolute atomic E-state index is 12.7. The molecule has 3 atom stereocenters. The van der Waals surface area contributed by atoms with Crippen molar-refractivity contribution in [1.82, 2.24) is 0 Å². The van der Waals surface area contributed by atoms with E-state index < -0.39 is 33.2 Å². The highest BCUT2D eigenvalue weighted by Crippen LogP contribution is 2.43. The standard InChI is InChI=1S/C54H99O9P/c1-3-5-7-9-11-13-15-17-19-21-23-24-25-26-27-29-31-33-35-37-39-41-43-45-47-60-50-53(51-62-64(58,59)61-49-52(56)48-55)63-54(57)46-44-42-40-38-36-34-32-30-28-22-20-18-16-14-12-10-8-6-4-2/h12,14-15,17-18,20-21,23,25-26,52-53,55-56H,3-11,13,16,19,22,24,27-51H2,1-2H3,(H,58,59)/b14-12-,17-15-,20-18-,23-21-,26-25-. The zero-order valence-electron chi connectivity index (χ0n) is 41.2. The molecule has 10 heteroatoms. The Kier molecular flexibility index (Phi) is 49.1. The Morgan fingerprint density at radius 3 is 1.30 bits per heavy atom. The maximum Gasteiger partial charge on any atom is 0.472 e. The molecule has 0 amide bonds. The van der Waals surface area contributed by atoms with E-state index in [0.29, 0.717) is 6.61 Å². The molecular formula is C54H99O9P. The first-order valence-electron chi connectivity index (χ1n) is 26.3. The van der Waals surface area contributed by atoms with E-state index in [-0.39, 0.29) is 25.6 Å². The van der Waals surface area contributed by atoms with E-state index in [1.54, 1.807) is 0 Å². The molecule has 0 spiro atoms. The maximum atomic E-state index is 12.7. The normalized spacial score (nSPS) is 14.3. The average Bonchev–Trinajstić information content (AvgIpc) is 3.29. The van der Waals surface area contributed by atoms with Crippen molar-refractivity contribution in [3.8, 4) is 0 Å². The minimum atomic E-state index is -4.53. The molecule has 0 aromatic rings. The summed E-state index contributed by atoms with van der Waals surface area (Å²) in [5.41, 5.74) is 0. The van der Waals surface area contributed by atoms with Crippen LogP contribution in [-0.2, 0) is 27.9 Å². The van der Waals surface area contributed by atoms with Gasteiger partial charge in [0.2, 0.25) is 0 Å². The molecule has 3 N–H and O–H groups in total. The van der Waals surface area contributed by atoms with Crippen LogP contribution in [0.3, 0.4) is 0 Å². The molecule has 0 heterocycles. The molecule has 0 fully saturated rings. The van der Waals surface area contributed by atoms with Gasteiger partial charge in [-0.3, -0.25) is 13.8 Å². The Labute approximate surface area is 393 Å². The molecule has 0 aliphatic rings. The van der Waals surface area contributed by atoms with Gasteiger partial charge in [-0.05, 0) is 83.5 Å². The van der Waals surface area contributed by atoms with Crippen LogP contribution < -0.4 is 0 Å². The van der Waals surface area contributed by atoms with E-state index in [9.17, 15) is 19.4 Å². The van der Waals surface area contributed by atoms with Crippen molar-refractivity contribution in [3.63, 3.8) is 0 Å². The van der Waals surface area contributed by atoms with Gasteiger partial charge in [0.25, 0.3) is 0 Å². The number of carbonyl (C=O) groups excluding carboxylic acids is 1. The summed E-state index contributed by atoms with van der Waals surface area (Å²) in [6.07, 6.45) is 60.4. The smallest absolute Gasteiger partial charge is 0.457 e. The molecule has 0 saturated heterocycles. The number of hydrogen-bond acceptors (Lipinski definition) is 8. The number of phosphoric acid groups is 1. The minimum Gasteiger partial charge on any atom is -0.457 e. The fourth-order valence-corrected chi connectivity index (χ4v) is 7.95. The average molecular weight is 923 g/mol. The van der Waals surface area contributed by atoms with Crippen LogP contribution in [0.1, 0.15) is 232 Å². The number of ether oxygens (including phenoxy) is 2. The molecule has 0 saturated carbocycles. The number of carbonyl (C=O) groups is 1. The lowest BCUT2D eigenvalue weighted by Crippen LogP contribution is -2.29. The van der Waals surface area contributed by atoms with Gasteiger partial charge in [0.15, 0.2) is 0 Å². The summed E-state index contributed by atoms with van der Waals surface area (Å²) in [7, 11) is -4.53. The molecule has 0 aromatic heterocycles. The van der Waals surface area contributed by atoms with Gasteiger partial charge in [-0.1, -0.05) is 203 Å². The predicted molar refractivity (Wildman–Crippen MR) is 270 cm³/mol. The van der Waals surface area contributed by atoms with Crippen LogP contribution in [0, 0.1) is 0 Å². The zero-order valence-corrected chi connectivity index (χ0v) is 42.1. The third kappa shape index (κ3) is 49.6. The van der Waals surface area contributed by atoms with Crippen molar-refractivity contribution in [1.29, 1.82) is 0 Å². The van der Waals surface area contributed by atoms with Gasteiger partial charge in [0.1, 0.15) is 12.2 Å². The number of allylic oxidation sites excluding steroid dienone is 10. The number of rotatable bonds is 50. The lowest BCUT2D eigenvalue weighted by atomic mass is 10.1. The first-order valence-corrected chi connectivity index (χ1v) is 27.8. The van der Waals surface area contributed by atoms with E-state index in [1.165, 1.54) is 135 Å². The number of esters is 1. The van der Waals surface area contributed by atoms with Gasteiger partial charge in [-0.25, -0.2) is 4.57 Å². The second kappa shape index (κ2) is 50.6. The minimum absolute atomic E-state index is 0.0423. The SMILES string of the molecule is CCCCC/C=C\C/C=C\CCCCCCCCCCCC(=O)OC(COCCCCCCCCCCC/C=C\C/C=C\C/C=C\CCCCCCC)COP(=O)(O)OCC(O)CO. The molecular weight excluding hydrogens is 824 g/mol. The molecule has 9 nitrogen and oxygen atoms in total. The molecule has 0 rings (SSSR count). The highest BCUT2D eigenvalue weighted by molar-refractivity contribution is 7.47. The van der Waals surface area contributed by atoms with Crippen LogP contribution in [0.4, 0.5) is 0 Å². The van der Waals surface area contributed by atoms with Gasteiger partial charge in [0, 0.05) is 13.0 Å². The summed E-state index contributed by atoms with van der Waals surface area (Å²) < 4.78 is 33.5. The Hall–Kier alpha value is -1.84. The fraction of sp³-hybridized carbons (Fsp3) is 0.796. The number of unbranched alkanes of at least 4 members (excludes halogenated alkanes) is 26. The van der Waals surface area contributed by atoms with Crippen LogP contribution in [-0.4, -0.2) is 66.3 Å². The lowest BCUT2D eigenvalue weighted by molar-refractivity contribution is -0.154. The molecule has 0 bridgehead atoms. The van der Waals surface area contributed by atoms with Crippen molar-refractivity contribution in [2.24, 2.45) is 0 Å². The van der Waals surface area contributed by atoms with E-state index in [4.69, 9.17) is 23.6 Å². The molecule has 0 aliphatic heterocycles. The Morgan fingerprint density at radius 1 is 0.484 bits per heavy atom. The highest BCUT2D eigenvalue weighted by atomic mass is 31.2. The lowest BCUT2D eigenvalue weighted by Gasteiger charge is -2.20. The fourth-order valence-electron chi connectivity index (χ4n) is 7.16. The van der Waals surface area contributed by atoms with Gasteiger partial charge < -0.3 is 24.6 Å². The number of hydrogen-bond donors (Lipinski definition) is 3. The third-order valence-corrected chi connectivity index (χ3v) is 12.1. The molecule has 0 radical (unpaired) electrons. The van der Waals surface area contributed by atoms with Crippen LogP contribution in [0.15, 0.2) is 60.8 Å². The second-order valence-corrected chi connectivity index (χ2v) is 19.0. The summed E-state index contributed by atoms with van der Waals surface area (Å²) in [4.78, 5) is 22.7. The first-order chi connectivity index (χ1) is 31.3. The summed E-state index contributed by atoms with van der Waals surface area (Å²) in [5, 5.41) is 18.4. The number of phosphoric ester groups is 1. The van der Waals surface area contributed by atoms with E-state index >= 15 is 0 Å². The number of aliphatic hydroxyl groups excluding tert-OH is 2. The van der Waals surface area contributed by atoms with E-state index in [1.807, 2.05) is 0 Å². The summed E-state index contributed by atoms with van der Waals surface area (Å²) in [6, 6.07) is 0. The van der Waals surface area contributed by atoms with Crippen LogP contribution in [0.5, 0.6) is 0 Å².